The highest BCUT2D eigenvalue weighted by atomic mass is 79.9. The molecule has 2 atom stereocenters. The number of rotatable bonds is 4. The standard InChI is InChI=1S/C12H21BrN2S/c1-6-9(13)11-15-14-10(16-11)7-8(2)12(3,4)5/h8-9H,6-7H2,1-5H3. The summed E-state index contributed by atoms with van der Waals surface area (Å²) in [6, 6.07) is 0. The zero-order valence-electron chi connectivity index (χ0n) is 10.7. The molecule has 0 aliphatic rings. The molecule has 1 rings (SSSR count). The predicted molar refractivity (Wildman–Crippen MR) is 74.2 cm³/mol. The van der Waals surface area contributed by atoms with Crippen LogP contribution in [-0.4, -0.2) is 10.2 Å². The minimum Gasteiger partial charge on any atom is -0.144 e. The highest BCUT2D eigenvalue weighted by Gasteiger charge is 2.22. The van der Waals surface area contributed by atoms with Gasteiger partial charge in [-0.25, -0.2) is 0 Å². The summed E-state index contributed by atoms with van der Waals surface area (Å²) in [5, 5.41) is 10.8. The first-order valence-corrected chi connectivity index (χ1v) is 7.54. The van der Waals surface area contributed by atoms with Crippen molar-refractivity contribution in [1.29, 1.82) is 0 Å². The van der Waals surface area contributed by atoms with E-state index >= 15 is 0 Å². The quantitative estimate of drug-likeness (QED) is 0.759. The van der Waals surface area contributed by atoms with Crippen LogP contribution in [-0.2, 0) is 6.42 Å². The zero-order valence-corrected chi connectivity index (χ0v) is 13.2. The molecule has 92 valence electrons. The van der Waals surface area contributed by atoms with Crippen LogP contribution in [0.25, 0.3) is 0 Å². The van der Waals surface area contributed by atoms with E-state index in [1.807, 2.05) is 0 Å². The molecule has 2 nitrogen and oxygen atoms in total. The Balaban J connectivity index is 2.66. The molecule has 0 N–H and O–H groups in total. The van der Waals surface area contributed by atoms with Crippen molar-refractivity contribution >= 4 is 27.3 Å². The second-order valence-corrected chi connectivity index (χ2v) is 7.58. The Morgan fingerprint density at radius 2 is 1.94 bits per heavy atom. The van der Waals surface area contributed by atoms with Crippen LogP contribution in [0.5, 0.6) is 0 Å². The van der Waals surface area contributed by atoms with E-state index in [9.17, 15) is 0 Å². The van der Waals surface area contributed by atoms with Crippen LogP contribution in [0.4, 0.5) is 0 Å². The minimum absolute atomic E-state index is 0.338. The van der Waals surface area contributed by atoms with E-state index in [-0.39, 0.29) is 0 Å². The SMILES string of the molecule is CCC(Br)c1nnc(CC(C)C(C)(C)C)s1. The van der Waals surface area contributed by atoms with E-state index in [2.05, 4.69) is 60.7 Å². The number of alkyl halides is 1. The molecule has 1 aromatic rings. The van der Waals surface area contributed by atoms with Gasteiger partial charge in [0.2, 0.25) is 0 Å². The first-order chi connectivity index (χ1) is 7.34. The summed E-state index contributed by atoms with van der Waals surface area (Å²) in [4.78, 5) is 0.365. The molecule has 16 heavy (non-hydrogen) atoms. The fourth-order valence-corrected chi connectivity index (χ4v) is 2.62. The Bertz CT molecular complexity index is 330. The summed E-state index contributed by atoms with van der Waals surface area (Å²) in [5.74, 6) is 0.628. The van der Waals surface area contributed by atoms with Crippen molar-refractivity contribution in [2.24, 2.45) is 11.3 Å². The van der Waals surface area contributed by atoms with Gasteiger partial charge in [-0.2, -0.15) is 0 Å². The van der Waals surface area contributed by atoms with Gasteiger partial charge in [-0.05, 0) is 17.8 Å². The first-order valence-electron chi connectivity index (χ1n) is 5.81. The molecule has 0 aliphatic carbocycles. The monoisotopic (exact) mass is 304 g/mol. The minimum atomic E-state index is 0.338. The first kappa shape index (κ1) is 14.1. The summed E-state index contributed by atoms with van der Waals surface area (Å²) < 4.78 is 0. The lowest BCUT2D eigenvalue weighted by atomic mass is 9.80. The molecule has 0 amide bonds. The normalized spacial score (nSPS) is 16.1. The summed E-state index contributed by atoms with van der Waals surface area (Å²) in [6.07, 6.45) is 2.09. The molecule has 0 radical (unpaired) electrons. The lowest BCUT2D eigenvalue weighted by molar-refractivity contribution is 0.259. The van der Waals surface area contributed by atoms with Crippen LogP contribution in [0.15, 0.2) is 0 Å². The Labute approximate surface area is 111 Å². The topological polar surface area (TPSA) is 25.8 Å². The molecule has 0 saturated carbocycles. The Morgan fingerprint density at radius 3 is 2.44 bits per heavy atom. The van der Waals surface area contributed by atoms with Crippen molar-refractivity contribution in [3.05, 3.63) is 10.0 Å². The second kappa shape index (κ2) is 5.58. The molecule has 2 unspecified atom stereocenters. The second-order valence-electron chi connectivity index (χ2n) is 5.38. The number of hydrogen-bond donors (Lipinski definition) is 0. The van der Waals surface area contributed by atoms with Crippen molar-refractivity contribution < 1.29 is 0 Å². The lowest BCUT2D eigenvalue weighted by Crippen LogP contribution is -2.19. The molecule has 0 bridgehead atoms. The molecule has 0 aromatic carbocycles. The van der Waals surface area contributed by atoms with Crippen molar-refractivity contribution in [2.75, 3.05) is 0 Å². The van der Waals surface area contributed by atoms with Gasteiger partial charge in [-0.15, -0.1) is 21.5 Å². The molecule has 4 heteroatoms. The molecular formula is C12H21BrN2S. The third kappa shape index (κ3) is 3.81. The summed E-state index contributed by atoms with van der Waals surface area (Å²) in [7, 11) is 0. The maximum Gasteiger partial charge on any atom is 0.131 e. The highest BCUT2D eigenvalue weighted by molar-refractivity contribution is 9.09. The molecule has 0 spiro atoms. The van der Waals surface area contributed by atoms with Crippen LogP contribution in [0.2, 0.25) is 0 Å². The van der Waals surface area contributed by atoms with Crippen molar-refractivity contribution in [1.82, 2.24) is 10.2 Å². The van der Waals surface area contributed by atoms with E-state index in [4.69, 9.17) is 0 Å². The number of halogens is 1. The van der Waals surface area contributed by atoms with Crippen LogP contribution in [0.1, 0.15) is 55.9 Å². The molecule has 0 fully saturated rings. The third-order valence-electron chi connectivity index (χ3n) is 3.07. The zero-order chi connectivity index (χ0) is 12.3. The summed E-state index contributed by atoms with van der Waals surface area (Å²) in [6.45, 7) is 11.3. The predicted octanol–water partition coefficient (Wildman–Crippen LogP) is 4.61. The van der Waals surface area contributed by atoms with Gasteiger partial charge in [0.25, 0.3) is 0 Å². The Morgan fingerprint density at radius 1 is 1.31 bits per heavy atom. The Hall–Kier alpha value is 0.0400. The number of aromatic nitrogens is 2. The van der Waals surface area contributed by atoms with Gasteiger partial charge in [0.15, 0.2) is 0 Å². The largest absolute Gasteiger partial charge is 0.144 e. The van der Waals surface area contributed by atoms with Crippen molar-refractivity contribution in [3.63, 3.8) is 0 Å². The van der Waals surface area contributed by atoms with Gasteiger partial charge >= 0.3 is 0 Å². The number of nitrogens with zero attached hydrogens (tertiary/aromatic N) is 2. The summed E-state index contributed by atoms with van der Waals surface area (Å²) >= 11 is 5.35. The van der Waals surface area contributed by atoms with Crippen LogP contribution in [0, 0.1) is 11.3 Å². The van der Waals surface area contributed by atoms with Crippen LogP contribution >= 0.6 is 27.3 Å². The maximum atomic E-state index is 4.28. The van der Waals surface area contributed by atoms with Gasteiger partial charge in [-0.1, -0.05) is 50.5 Å². The fourth-order valence-electron chi connectivity index (χ4n) is 1.22. The lowest BCUT2D eigenvalue weighted by Gasteiger charge is -2.26. The van der Waals surface area contributed by atoms with Crippen LogP contribution in [0.3, 0.4) is 0 Å². The molecule has 0 aliphatic heterocycles. The van der Waals surface area contributed by atoms with E-state index in [1.165, 1.54) is 0 Å². The molecule has 1 aromatic heterocycles. The van der Waals surface area contributed by atoms with Crippen molar-refractivity contribution in [2.45, 2.75) is 52.3 Å². The number of hydrogen-bond acceptors (Lipinski definition) is 3. The van der Waals surface area contributed by atoms with Gasteiger partial charge in [0.1, 0.15) is 10.0 Å². The van der Waals surface area contributed by atoms with E-state index in [1.54, 1.807) is 11.3 Å². The van der Waals surface area contributed by atoms with Gasteiger partial charge in [0.05, 0.1) is 4.83 Å². The molecular weight excluding hydrogens is 284 g/mol. The fraction of sp³-hybridized carbons (Fsp3) is 0.833. The van der Waals surface area contributed by atoms with Gasteiger partial charge in [-0.3, -0.25) is 0 Å². The third-order valence-corrected chi connectivity index (χ3v) is 5.51. The van der Waals surface area contributed by atoms with E-state index in [0.717, 1.165) is 22.9 Å². The molecule has 0 saturated heterocycles. The maximum absolute atomic E-state index is 4.28. The average molecular weight is 305 g/mol. The van der Waals surface area contributed by atoms with Gasteiger partial charge in [0, 0.05) is 6.42 Å². The van der Waals surface area contributed by atoms with Crippen molar-refractivity contribution in [3.8, 4) is 0 Å². The average Bonchev–Trinajstić information content (AvgIpc) is 2.63. The summed E-state index contributed by atoms with van der Waals surface area (Å²) in [5.41, 5.74) is 0.338. The van der Waals surface area contributed by atoms with E-state index < -0.39 is 0 Å². The van der Waals surface area contributed by atoms with E-state index in [0.29, 0.717) is 16.2 Å². The van der Waals surface area contributed by atoms with Gasteiger partial charge < -0.3 is 0 Å². The molecule has 1 heterocycles. The van der Waals surface area contributed by atoms with Crippen LogP contribution < -0.4 is 0 Å². The Kier molecular flexibility index (Phi) is 4.92. The highest BCUT2D eigenvalue weighted by Crippen LogP contribution is 2.32. The smallest absolute Gasteiger partial charge is 0.131 e.